The maximum Gasteiger partial charge on any atom is 0.407 e. The number of fused-ring (bicyclic) bond motifs is 3. The zero-order valence-electron chi connectivity index (χ0n) is 31.8. The fourth-order valence-corrected chi connectivity index (χ4v) is 7.93. The van der Waals surface area contributed by atoms with E-state index in [2.05, 4.69) is 10.6 Å². The van der Waals surface area contributed by atoms with Crippen LogP contribution in [0.3, 0.4) is 0 Å². The molecule has 306 valence electrons. The number of nitrogens with one attached hydrogen (secondary N) is 2. The quantitative estimate of drug-likeness (QED) is 0.174. The Balaban J connectivity index is 1.29. The number of carboxylic acid groups (broad SMARTS) is 1. The number of hydrogen-bond acceptors (Lipinski definition) is 7. The minimum Gasteiger partial charge on any atom is -0.481 e. The number of carbonyl (C=O) groups is 5. The summed E-state index contributed by atoms with van der Waals surface area (Å²) in [6.45, 7) is 1.01. The third kappa shape index (κ3) is 10.6. The number of hydrogen-bond donors (Lipinski definition) is 3. The molecule has 0 radical (unpaired) electrons. The minimum atomic E-state index is -4.79. The predicted octanol–water partition coefficient (Wildman–Crippen LogP) is 5.80. The minimum absolute atomic E-state index is 0.0201. The van der Waals surface area contributed by atoms with Crippen molar-refractivity contribution in [2.75, 3.05) is 40.5 Å². The highest BCUT2D eigenvalue weighted by Gasteiger charge is 2.47. The Morgan fingerprint density at radius 3 is 2.18 bits per heavy atom. The van der Waals surface area contributed by atoms with Gasteiger partial charge in [0, 0.05) is 38.2 Å². The number of ether oxygens (including phenoxy) is 2. The molecule has 1 unspecified atom stereocenters. The second-order valence-corrected chi connectivity index (χ2v) is 15.0. The van der Waals surface area contributed by atoms with E-state index in [0.717, 1.165) is 22.3 Å². The molecule has 2 aliphatic rings. The normalized spacial score (nSPS) is 18.1. The van der Waals surface area contributed by atoms with Crippen LogP contribution in [0.5, 0.6) is 0 Å². The summed E-state index contributed by atoms with van der Waals surface area (Å²) >= 11 is 6.12. The summed E-state index contributed by atoms with van der Waals surface area (Å²) < 4.78 is 51.3. The molecular weight excluding hydrogens is 769 g/mol. The van der Waals surface area contributed by atoms with Gasteiger partial charge in [-0.25, -0.2) is 4.79 Å². The number of amides is 4. The zero-order chi connectivity index (χ0) is 41.5. The Labute approximate surface area is 333 Å². The molecule has 4 atom stereocenters. The fourth-order valence-electron chi connectivity index (χ4n) is 7.80. The number of benzene rings is 3. The van der Waals surface area contributed by atoms with E-state index in [4.69, 9.17) is 21.1 Å². The number of carboxylic acids is 1. The SMILES string of the molecule is COC[C@H](NC(=O)[C@H](C)NC(=O)OCC1c2ccccc2-c2ccccc21)C(=O)N(C)[C@@]1(Cc2ccc(Cl)cc2)CCCN(C(=O)C(CC(=O)O)CC(F)(F)F)C1. The number of likely N-dealkylation sites (tertiary alicyclic amines) is 1. The lowest BCUT2D eigenvalue weighted by atomic mass is 9.80. The van der Waals surface area contributed by atoms with Crippen LogP contribution < -0.4 is 10.6 Å². The van der Waals surface area contributed by atoms with E-state index in [1.807, 2.05) is 48.5 Å². The molecule has 0 aromatic heterocycles. The van der Waals surface area contributed by atoms with E-state index >= 15 is 0 Å². The van der Waals surface area contributed by atoms with Crippen molar-refractivity contribution < 1.29 is 51.7 Å². The molecule has 4 amide bonds. The van der Waals surface area contributed by atoms with Crippen LogP contribution in [0.15, 0.2) is 72.8 Å². The average Bonchev–Trinajstić information content (AvgIpc) is 3.49. The molecule has 1 fully saturated rings. The van der Waals surface area contributed by atoms with E-state index in [1.165, 1.54) is 30.9 Å². The van der Waals surface area contributed by atoms with Crippen molar-refractivity contribution in [2.24, 2.45) is 5.92 Å². The van der Waals surface area contributed by atoms with Gasteiger partial charge in [0.05, 0.1) is 30.9 Å². The second kappa shape index (κ2) is 18.4. The van der Waals surface area contributed by atoms with E-state index in [-0.39, 0.29) is 45.1 Å². The number of carbonyl (C=O) groups excluding carboxylic acids is 4. The van der Waals surface area contributed by atoms with Gasteiger partial charge in [-0.15, -0.1) is 0 Å². The van der Waals surface area contributed by atoms with Gasteiger partial charge in [0.2, 0.25) is 17.7 Å². The Morgan fingerprint density at radius 1 is 0.982 bits per heavy atom. The molecule has 5 rings (SSSR count). The number of piperidine rings is 1. The van der Waals surface area contributed by atoms with Gasteiger partial charge in [-0.2, -0.15) is 13.2 Å². The summed E-state index contributed by atoms with van der Waals surface area (Å²) in [5.41, 5.74) is 3.65. The van der Waals surface area contributed by atoms with Crippen LogP contribution in [-0.4, -0.2) is 109 Å². The molecule has 1 saturated heterocycles. The number of aliphatic carboxylic acids is 1. The van der Waals surface area contributed by atoms with Gasteiger partial charge < -0.3 is 35.0 Å². The van der Waals surface area contributed by atoms with Crippen LogP contribution >= 0.6 is 11.6 Å². The van der Waals surface area contributed by atoms with Gasteiger partial charge in [-0.3, -0.25) is 19.2 Å². The first-order chi connectivity index (χ1) is 27.0. The summed E-state index contributed by atoms with van der Waals surface area (Å²) in [5, 5.41) is 14.9. The highest BCUT2D eigenvalue weighted by atomic mass is 35.5. The average molecular weight is 815 g/mol. The lowest BCUT2D eigenvalue weighted by Gasteiger charge is -2.49. The van der Waals surface area contributed by atoms with Crippen molar-refractivity contribution in [1.29, 1.82) is 0 Å². The summed E-state index contributed by atoms with van der Waals surface area (Å²) in [4.78, 5) is 68.4. The molecule has 0 bridgehead atoms. The number of likely N-dealkylation sites (N-methyl/N-ethyl adjacent to an activating group) is 1. The molecule has 3 aromatic carbocycles. The molecule has 3 N–H and O–H groups in total. The van der Waals surface area contributed by atoms with Crippen LogP contribution in [-0.2, 0) is 35.1 Å². The van der Waals surface area contributed by atoms with Crippen molar-refractivity contribution in [3.05, 3.63) is 94.5 Å². The molecule has 0 saturated carbocycles. The van der Waals surface area contributed by atoms with Crippen molar-refractivity contribution >= 4 is 41.4 Å². The number of halogens is 4. The summed E-state index contributed by atoms with van der Waals surface area (Å²) in [5.74, 6) is -5.94. The molecular formula is C41H46ClF3N4O8. The van der Waals surface area contributed by atoms with Crippen molar-refractivity contribution in [2.45, 2.75) is 68.7 Å². The molecule has 1 heterocycles. The standard InChI is InChI=1S/C41H46ClF3N4O8/c1-25(46-39(55)57-22-33-31-11-6-4-9-29(31)30-10-5-7-12-32(30)33)36(52)47-34(23-56-3)38(54)48(2)40(20-26-13-15-28(42)16-14-26)17-8-18-49(24-40)37(53)27(19-35(50)51)21-41(43,44)45/h4-7,9-16,25,27,33-34H,8,17-24H2,1-3H3,(H,46,55)(H,47,52)(H,50,51)/t25-,27?,34-,40+/m0/s1. The van der Waals surface area contributed by atoms with E-state index in [1.54, 1.807) is 24.3 Å². The molecule has 12 nitrogen and oxygen atoms in total. The summed E-state index contributed by atoms with van der Waals surface area (Å²) in [6.07, 6.45) is -7.51. The van der Waals surface area contributed by atoms with Gasteiger partial charge >= 0.3 is 18.2 Å². The lowest BCUT2D eigenvalue weighted by molar-refractivity contribution is -0.166. The Kier molecular flexibility index (Phi) is 13.9. The second-order valence-electron chi connectivity index (χ2n) is 14.6. The highest BCUT2D eigenvalue weighted by Crippen LogP contribution is 2.44. The first-order valence-electron chi connectivity index (χ1n) is 18.5. The maximum absolute atomic E-state index is 14.3. The van der Waals surface area contributed by atoms with Crippen LogP contribution in [0.25, 0.3) is 11.1 Å². The fraction of sp³-hybridized carbons (Fsp3) is 0.439. The maximum atomic E-state index is 14.3. The van der Waals surface area contributed by atoms with Gasteiger partial charge in [0.1, 0.15) is 18.7 Å². The van der Waals surface area contributed by atoms with Gasteiger partial charge in [-0.1, -0.05) is 72.3 Å². The van der Waals surface area contributed by atoms with Crippen LogP contribution in [0.4, 0.5) is 18.0 Å². The summed E-state index contributed by atoms with van der Waals surface area (Å²) in [7, 11) is 2.81. The molecule has 57 heavy (non-hydrogen) atoms. The molecule has 3 aromatic rings. The third-order valence-electron chi connectivity index (χ3n) is 10.6. The van der Waals surface area contributed by atoms with Gasteiger partial charge in [0.15, 0.2) is 0 Å². The number of rotatable bonds is 15. The van der Waals surface area contributed by atoms with Crippen LogP contribution in [0.2, 0.25) is 5.02 Å². The largest absolute Gasteiger partial charge is 0.481 e. The monoisotopic (exact) mass is 814 g/mol. The Morgan fingerprint density at radius 2 is 1.60 bits per heavy atom. The lowest BCUT2D eigenvalue weighted by Crippen LogP contribution is -2.65. The first-order valence-corrected chi connectivity index (χ1v) is 18.9. The number of methoxy groups -OCH3 is 1. The van der Waals surface area contributed by atoms with Crippen molar-refractivity contribution in [3.63, 3.8) is 0 Å². The van der Waals surface area contributed by atoms with E-state index < -0.39 is 72.3 Å². The highest BCUT2D eigenvalue weighted by molar-refractivity contribution is 6.30. The van der Waals surface area contributed by atoms with Crippen molar-refractivity contribution in [3.8, 4) is 11.1 Å². The third-order valence-corrected chi connectivity index (χ3v) is 10.9. The van der Waals surface area contributed by atoms with Gasteiger partial charge in [0.25, 0.3) is 0 Å². The molecule has 1 aliphatic carbocycles. The zero-order valence-corrected chi connectivity index (χ0v) is 32.6. The molecule has 0 spiro atoms. The Hall–Kier alpha value is -5.15. The Bertz CT molecular complexity index is 1900. The topological polar surface area (TPSA) is 155 Å². The molecule has 16 heteroatoms. The van der Waals surface area contributed by atoms with Crippen molar-refractivity contribution in [1.82, 2.24) is 20.4 Å². The first kappa shape index (κ1) is 43.0. The number of nitrogens with zero attached hydrogens (tertiary/aromatic N) is 2. The van der Waals surface area contributed by atoms with E-state index in [0.29, 0.717) is 17.0 Å². The molecule has 1 aliphatic heterocycles. The summed E-state index contributed by atoms with van der Waals surface area (Å²) in [6, 6.07) is 20.0. The van der Waals surface area contributed by atoms with E-state index in [9.17, 15) is 42.3 Å². The number of alkyl carbamates (subject to hydrolysis) is 1. The van der Waals surface area contributed by atoms with Gasteiger partial charge in [-0.05, 0) is 66.1 Å². The van der Waals surface area contributed by atoms with Crippen LogP contribution in [0, 0.1) is 5.92 Å². The van der Waals surface area contributed by atoms with Crippen LogP contribution in [0.1, 0.15) is 55.2 Å². The number of alkyl halides is 3. The predicted molar refractivity (Wildman–Crippen MR) is 204 cm³/mol. The smallest absolute Gasteiger partial charge is 0.407 e.